The number of guanidine groups is 1. The molecule has 0 spiro atoms. The summed E-state index contributed by atoms with van der Waals surface area (Å²) in [6.07, 6.45) is 5.94. The Morgan fingerprint density at radius 2 is 2.08 bits per heavy atom. The van der Waals surface area contributed by atoms with Gasteiger partial charge in [-0.15, -0.1) is 0 Å². The summed E-state index contributed by atoms with van der Waals surface area (Å²) in [5.41, 5.74) is 0. The predicted molar refractivity (Wildman–Crippen MR) is 110 cm³/mol. The lowest BCUT2D eigenvalue weighted by Crippen LogP contribution is -2.42. The van der Waals surface area contributed by atoms with Gasteiger partial charge in [-0.3, -0.25) is 4.99 Å². The lowest BCUT2D eigenvalue weighted by atomic mass is 10.2. The second-order valence-electron chi connectivity index (χ2n) is 7.04. The fourth-order valence-electron chi connectivity index (χ4n) is 3.13. The van der Waals surface area contributed by atoms with Crippen LogP contribution >= 0.6 is 0 Å². The zero-order chi connectivity index (χ0) is 19.0. The van der Waals surface area contributed by atoms with Crippen LogP contribution in [0.25, 0.3) is 0 Å². The highest BCUT2D eigenvalue weighted by atomic mass is 16.5. The zero-order valence-electron chi connectivity index (χ0n) is 17.6. The molecule has 6 nitrogen and oxygen atoms in total. The van der Waals surface area contributed by atoms with Gasteiger partial charge in [0, 0.05) is 32.3 Å². The summed E-state index contributed by atoms with van der Waals surface area (Å²) >= 11 is 0. The average Bonchev–Trinajstić information content (AvgIpc) is 3.15. The molecule has 2 N–H and O–H groups in total. The topological polar surface area (TPSA) is 58.1 Å². The van der Waals surface area contributed by atoms with Crippen LogP contribution in [0.15, 0.2) is 4.99 Å². The van der Waals surface area contributed by atoms with Gasteiger partial charge < -0.3 is 25.0 Å². The van der Waals surface area contributed by atoms with Gasteiger partial charge in [0.2, 0.25) is 0 Å². The predicted octanol–water partition coefficient (Wildman–Crippen LogP) is 2.64. The van der Waals surface area contributed by atoms with Crippen LogP contribution in [0.1, 0.15) is 59.8 Å². The molecule has 154 valence electrons. The molecule has 0 aromatic rings. The van der Waals surface area contributed by atoms with Crippen LogP contribution in [-0.2, 0) is 9.47 Å². The third-order valence-corrected chi connectivity index (χ3v) is 4.78. The van der Waals surface area contributed by atoms with Gasteiger partial charge in [-0.05, 0) is 65.6 Å². The average molecular weight is 371 g/mol. The molecule has 6 heteroatoms. The summed E-state index contributed by atoms with van der Waals surface area (Å²) < 4.78 is 11.3. The molecule has 1 rings (SSSR count). The molecule has 1 heterocycles. The van der Waals surface area contributed by atoms with Crippen LogP contribution < -0.4 is 10.6 Å². The second-order valence-corrected chi connectivity index (χ2v) is 7.04. The number of rotatable bonds is 14. The van der Waals surface area contributed by atoms with E-state index in [2.05, 4.69) is 48.2 Å². The van der Waals surface area contributed by atoms with E-state index in [1.165, 1.54) is 19.4 Å². The Hall–Kier alpha value is -0.850. The van der Waals surface area contributed by atoms with Crippen LogP contribution in [0.3, 0.4) is 0 Å². The normalized spacial score (nSPS) is 19.1. The molecule has 1 aliphatic heterocycles. The van der Waals surface area contributed by atoms with E-state index in [0.717, 1.165) is 71.2 Å². The number of aliphatic imine (C=N–C) groups is 1. The molecule has 2 unspecified atom stereocenters. The largest absolute Gasteiger partial charge is 0.379 e. The number of nitrogens with one attached hydrogen (secondary N) is 2. The third kappa shape index (κ3) is 11.0. The van der Waals surface area contributed by atoms with E-state index in [1.807, 2.05) is 0 Å². The maximum Gasteiger partial charge on any atom is 0.191 e. The first-order valence-corrected chi connectivity index (χ1v) is 10.7. The van der Waals surface area contributed by atoms with Gasteiger partial charge in [-0.25, -0.2) is 0 Å². The molecule has 0 aliphatic carbocycles. The van der Waals surface area contributed by atoms with E-state index in [1.54, 1.807) is 0 Å². The van der Waals surface area contributed by atoms with Gasteiger partial charge in [0.25, 0.3) is 0 Å². The zero-order valence-corrected chi connectivity index (χ0v) is 17.6. The van der Waals surface area contributed by atoms with Gasteiger partial charge in [0.15, 0.2) is 5.96 Å². The highest BCUT2D eigenvalue weighted by molar-refractivity contribution is 5.79. The van der Waals surface area contributed by atoms with Crippen LogP contribution in [0, 0.1) is 0 Å². The minimum atomic E-state index is 0.315. The molecule has 1 fully saturated rings. The van der Waals surface area contributed by atoms with E-state index in [-0.39, 0.29) is 0 Å². The Kier molecular flexibility index (Phi) is 13.6. The molecule has 0 aromatic carbocycles. The van der Waals surface area contributed by atoms with E-state index >= 15 is 0 Å². The van der Waals surface area contributed by atoms with Crippen LogP contribution in [0.2, 0.25) is 0 Å². The van der Waals surface area contributed by atoms with E-state index in [4.69, 9.17) is 9.47 Å². The van der Waals surface area contributed by atoms with Crippen molar-refractivity contribution in [2.45, 2.75) is 71.9 Å². The minimum absolute atomic E-state index is 0.315. The Morgan fingerprint density at radius 1 is 1.27 bits per heavy atom. The number of hydrogen-bond acceptors (Lipinski definition) is 4. The van der Waals surface area contributed by atoms with Crippen LogP contribution in [-0.4, -0.2) is 75.5 Å². The first-order chi connectivity index (χ1) is 12.7. The fraction of sp³-hybridized carbons (Fsp3) is 0.950. The van der Waals surface area contributed by atoms with Gasteiger partial charge in [-0.1, -0.05) is 13.8 Å². The van der Waals surface area contributed by atoms with Crippen molar-refractivity contribution in [3.8, 4) is 0 Å². The lowest BCUT2D eigenvalue weighted by Gasteiger charge is -2.21. The van der Waals surface area contributed by atoms with Gasteiger partial charge in [0.1, 0.15) is 0 Å². The van der Waals surface area contributed by atoms with Crippen molar-refractivity contribution >= 4 is 5.96 Å². The molecule has 0 radical (unpaired) electrons. The first-order valence-electron chi connectivity index (χ1n) is 10.7. The van der Waals surface area contributed by atoms with Crippen molar-refractivity contribution in [3.63, 3.8) is 0 Å². The van der Waals surface area contributed by atoms with Crippen LogP contribution in [0.4, 0.5) is 0 Å². The minimum Gasteiger partial charge on any atom is -0.379 e. The molecule has 2 atom stereocenters. The lowest BCUT2D eigenvalue weighted by molar-refractivity contribution is 0.0171. The highest BCUT2D eigenvalue weighted by Crippen LogP contribution is 2.11. The third-order valence-electron chi connectivity index (χ3n) is 4.78. The molecule has 1 aliphatic rings. The molecule has 26 heavy (non-hydrogen) atoms. The standard InChI is InChI=1S/C20H42N4O2/c1-5-21-20(23-18(4)11-8-14-24(6-2)7-3)22-13-10-15-25-17-19-12-9-16-26-19/h18-19H,5-17H2,1-4H3,(H2,21,22,23). The summed E-state index contributed by atoms with van der Waals surface area (Å²) in [5.74, 6) is 0.918. The Labute approximate surface area is 161 Å². The summed E-state index contributed by atoms with van der Waals surface area (Å²) in [6.45, 7) is 16.3. The van der Waals surface area contributed by atoms with Crippen molar-refractivity contribution < 1.29 is 9.47 Å². The summed E-state index contributed by atoms with van der Waals surface area (Å²) in [6, 6.07) is 0.430. The molecule has 1 saturated heterocycles. The Balaban J connectivity index is 2.15. The maximum absolute atomic E-state index is 5.70. The van der Waals surface area contributed by atoms with E-state index in [9.17, 15) is 0 Å². The number of hydrogen-bond donors (Lipinski definition) is 2. The smallest absolute Gasteiger partial charge is 0.191 e. The van der Waals surface area contributed by atoms with Crippen molar-refractivity contribution in [1.82, 2.24) is 15.5 Å². The first kappa shape index (κ1) is 23.2. The van der Waals surface area contributed by atoms with Gasteiger partial charge in [-0.2, -0.15) is 0 Å². The molecule has 0 bridgehead atoms. The number of nitrogens with zero attached hydrogens (tertiary/aromatic N) is 2. The Bertz CT molecular complexity index is 356. The van der Waals surface area contributed by atoms with Gasteiger partial charge >= 0.3 is 0 Å². The van der Waals surface area contributed by atoms with E-state index in [0.29, 0.717) is 12.1 Å². The number of ether oxygens (including phenoxy) is 2. The monoisotopic (exact) mass is 370 g/mol. The van der Waals surface area contributed by atoms with Crippen LogP contribution in [0.5, 0.6) is 0 Å². The quantitative estimate of drug-likeness (QED) is 0.280. The SMILES string of the molecule is CCNC(=NCCCOCC1CCCO1)NC(C)CCCN(CC)CC. The van der Waals surface area contributed by atoms with Crippen molar-refractivity contribution in [2.75, 3.05) is 52.5 Å². The van der Waals surface area contributed by atoms with E-state index < -0.39 is 0 Å². The molecule has 0 aromatic heterocycles. The summed E-state index contributed by atoms with van der Waals surface area (Å²) in [7, 11) is 0. The maximum atomic E-state index is 5.70. The van der Waals surface area contributed by atoms with Crippen molar-refractivity contribution in [2.24, 2.45) is 4.99 Å². The van der Waals surface area contributed by atoms with Crippen molar-refractivity contribution in [1.29, 1.82) is 0 Å². The fourth-order valence-corrected chi connectivity index (χ4v) is 3.13. The van der Waals surface area contributed by atoms with Crippen molar-refractivity contribution in [3.05, 3.63) is 0 Å². The summed E-state index contributed by atoms with van der Waals surface area (Å²) in [4.78, 5) is 7.15. The molecule has 0 amide bonds. The molecular formula is C20H42N4O2. The summed E-state index contributed by atoms with van der Waals surface area (Å²) in [5, 5.41) is 6.86. The highest BCUT2D eigenvalue weighted by Gasteiger charge is 2.14. The molecule has 0 saturated carbocycles. The second kappa shape index (κ2) is 15.2. The molecular weight excluding hydrogens is 328 g/mol. The van der Waals surface area contributed by atoms with Gasteiger partial charge in [0.05, 0.1) is 12.7 Å². The Morgan fingerprint density at radius 3 is 2.73 bits per heavy atom.